The van der Waals surface area contributed by atoms with Gasteiger partial charge in [0.05, 0.1) is 22.8 Å². The molecule has 1 saturated carbocycles. The maximum absolute atomic E-state index is 5.59. The lowest BCUT2D eigenvalue weighted by Crippen LogP contribution is -2.29. The fraction of sp³-hybridized carbons (Fsp3) is 0.800. The van der Waals surface area contributed by atoms with Crippen LogP contribution in [0.25, 0.3) is 0 Å². The molecule has 0 amide bonds. The van der Waals surface area contributed by atoms with Crippen molar-refractivity contribution in [3.63, 3.8) is 0 Å². The van der Waals surface area contributed by atoms with Gasteiger partial charge in [-0.2, -0.15) is 5.10 Å². The van der Waals surface area contributed by atoms with Crippen LogP contribution >= 0.6 is 15.9 Å². The number of nitrogens with zero attached hydrogens (tertiary/aromatic N) is 2. The highest BCUT2D eigenvalue weighted by molar-refractivity contribution is 9.10. The summed E-state index contributed by atoms with van der Waals surface area (Å²) in [7, 11) is 0. The highest BCUT2D eigenvalue weighted by Gasteiger charge is 2.35. The molecule has 1 saturated heterocycles. The van der Waals surface area contributed by atoms with Gasteiger partial charge in [0.25, 0.3) is 0 Å². The summed E-state index contributed by atoms with van der Waals surface area (Å²) < 4.78 is 9.07. The summed E-state index contributed by atoms with van der Waals surface area (Å²) in [5.41, 5.74) is 1.29. The molecule has 110 valence electrons. The average Bonchev–Trinajstić information content (AvgIpc) is 3.19. The van der Waals surface area contributed by atoms with Crippen molar-refractivity contribution in [2.24, 2.45) is 5.92 Å². The second-order valence-electron chi connectivity index (χ2n) is 6.38. The van der Waals surface area contributed by atoms with Gasteiger partial charge in [-0.1, -0.05) is 12.8 Å². The van der Waals surface area contributed by atoms with Crippen molar-refractivity contribution >= 4 is 21.7 Å². The third-order valence-corrected chi connectivity index (χ3v) is 5.96. The van der Waals surface area contributed by atoms with E-state index in [0.29, 0.717) is 17.9 Å². The highest BCUT2D eigenvalue weighted by atomic mass is 79.9. The van der Waals surface area contributed by atoms with Crippen molar-refractivity contribution in [3.05, 3.63) is 10.2 Å². The quantitative estimate of drug-likeness (QED) is 0.892. The standard InChI is InChI=1S/C15H22BrN3O/c16-13-14(10-3-1-2-4-10)18-19-12(5-7-17-15(13)19)11-6-8-20-9-11/h10-12,17H,1-9H2. The van der Waals surface area contributed by atoms with Gasteiger partial charge in [-0.3, -0.25) is 0 Å². The number of anilines is 1. The molecule has 1 aromatic rings. The van der Waals surface area contributed by atoms with Crippen LogP contribution < -0.4 is 5.32 Å². The van der Waals surface area contributed by atoms with Crippen LogP contribution in [0.1, 0.15) is 56.2 Å². The molecule has 4 nitrogen and oxygen atoms in total. The van der Waals surface area contributed by atoms with Gasteiger partial charge in [0.15, 0.2) is 0 Å². The summed E-state index contributed by atoms with van der Waals surface area (Å²) in [6.45, 7) is 2.87. The second-order valence-corrected chi connectivity index (χ2v) is 7.17. The fourth-order valence-electron chi connectivity index (χ4n) is 4.04. The molecule has 0 radical (unpaired) electrons. The van der Waals surface area contributed by atoms with E-state index < -0.39 is 0 Å². The Morgan fingerprint density at radius 2 is 2.05 bits per heavy atom. The van der Waals surface area contributed by atoms with Crippen LogP contribution in [0.5, 0.6) is 0 Å². The van der Waals surface area contributed by atoms with E-state index in [1.165, 1.54) is 54.5 Å². The SMILES string of the molecule is Brc1c(C2CCCC2)nn2c1NCCC2C1CCOC1. The van der Waals surface area contributed by atoms with E-state index in [0.717, 1.165) is 19.8 Å². The van der Waals surface area contributed by atoms with E-state index in [-0.39, 0.29) is 0 Å². The van der Waals surface area contributed by atoms with Gasteiger partial charge in [0, 0.05) is 25.0 Å². The minimum atomic E-state index is 0.514. The number of hydrogen-bond acceptors (Lipinski definition) is 3. The Balaban J connectivity index is 1.68. The number of rotatable bonds is 2. The van der Waals surface area contributed by atoms with Crippen LogP contribution in [0.3, 0.4) is 0 Å². The lowest BCUT2D eigenvalue weighted by molar-refractivity contribution is 0.167. The predicted molar refractivity (Wildman–Crippen MR) is 82.2 cm³/mol. The minimum absolute atomic E-state index is 0.514. The molecule has 2 atom stereocenters. The van der Waals surface area contributed by atoms with E-state index in [9.17, 15) is 0 Å². The van der Waals surface area contributed by atoms with Crippen LogP contribution in [0.15, 0.2) is 4.47 Å². The molecule has 0 spiro atoms. The Morgan fingerprint density at radius 1 is 1.20 bits per heavy atom. The number of ether oxygens (including phenoxy) is 1. The zero-order valence-electron chi connectivity index (χ0n) is 11.8. The smallest absolute Gasteiger partial charge is 0.139 e. The summed E-state index contributed by atoms with van der Waals surface area (Å²) in [6.07, 6.45) is 7.65. The second kappa shape index (κ2) is 5.34. The topological polar surface area (TPSA) is 39.1 Å². The summed E-state index contributed by atoms with van der Waals surface area (Å²) in [5.74, 6) is 2.50. The van der Waals surface area contributed by atoms with Gasteiger partial charge >= 0.3 is 0 Å². The van der Waals surface area contributed by atoms with Crippen molar-refractivity contribution in [1.82, 2.24) is 9.78 Å². The van der Waals surface area contributed by atoms with Crippen LogP contribution in [-0.2, 0) is 4.74 Å². The fourth-order valence-corrected chi connectivity index (χ4v) is 4.77. The van der Waals surface area contributed by atoms with Gasteiger partial charge in [0.1, 0.15) is 5.82 Å². The summed E-state index contributed by atoms with van der Waals surface area (Å²) >= 11 is 3.81. The Morgan fingerprint density at radius 3 is 2.80 bits per heavy atom. The van der Waals surface area contributed by atoms with Crippen molar-refractivity contribution in [2.75, 3.05) is 25.1 Å². The average molecular weight is 340 g/mol. The number of aromatic nitrogens is 2. The normalized spacial score (nSPS) is 30.4. The molecule has 3 aliphatic rings. The third-order valence-electron chi connectivity index (χ3n) is 5.17. The van der Waals surface area contributed by atoms with E-state index in [4.69, 9.17) is 9.84 Å². The monoisotopic (exact) mass is 339 g/mol. The van der Waals surface area contributed by atoms with Gasteiger partial charge in [-0.25, -0.2) is 4.68 Å². The molecule has 0 bridgehead atoms. The van der Waals surface area contributed by atoms with E-state index in [1.54, 1.807) is 0 Å². The van der Waals surface area contributed by atoms with Crippen molar-refractivity contribution in [2.45, 2.75) is 50.5 Å². The van der Waals surface area contributed by atoms with Crippen molar-refractivity contribution in [1.29, 1.82) is 0 Å². The van der Waals surface area contributed by atoms with Gasteiger partial charge in [0.2, 0.25) is 0 Å². The maximum atomic E-state index is 5.59. The van der Waals surface area contributed by atoms with E-state index >= 15 is 0 Å². The Labute approximate surface area is 128 Å². The number of halogens is 1. The van der Waals surface area contributed by atoms with Gasteiger partial charge in [-0.05, 0) is 41.6 Å². The zero-order valence-corrected chi connectivity index (χ0v) is 13.4. The lowest BCUT2D eigenvalue weighted by Gasteiger charge is -2.29. The first-order valence-electron chi connectivity index (χ1n) is 7.94. The Kier molecular flexibility index (Phi) is 3.50. The third kappa shape index (κ3) is 2.10. The number of fused-ring (bicyclic) bond motifs is 1. The molecule has 1 aromatic heterocycles. The number of hydrogen-bond donors (Lipinski definition) is 1. The molecule has 1 aliphatic carbocycles. The summed E-state index contributed by atoms with van der Waals surface area (Å²) in [4.78, 5) is 0. The van der Waals surface area contributed by atoms with Crippen LogP contribution in [0, 0.1) is 5.92 Å². The molecule has 2 unspecified atom stereocenters. The molecule has 20 heavy (non-hydrogen) atoms. The molecule has 2 aliphatic heterocycles. The first kappa shape index (κ1) is 13.1. The summed E-state index contributed by atoms with van der Waals surface area (Å²) in [5, 5.41) is 8.55. The Bertz CT molecular complexity index is 490. The first-order valence-corrected chi connectivity index (χ1v) is 8.73. The van der Waals surface area contributed by atoms with Crippen molar-refractivity contribution < 1.29 is 4.74 Å². The highest BCUT2D eigenvalue weighted by Crippen LogP contribution is 2.43. The molecular weight excluding hydrogens is 318 g/mol. The van der Waals surface area contributed by atoms with Crippen molar-refractivity contribution in [3.8, 4) is 0 Å². The Hall–Kier alpha value is -0.550. The van der Waals surface area contributed by atoms with Gasteiger partial charge < -0.3 is 10.1 Å². The molecule has 0 aromatic carbocycles. The van der Waals surface area contributed by atoms with Crippen LogP contribution in [0.4, 0.5) is 5.82 Å². The molecule has 2 fully saturated rings. The lowest BCUT2D eigenvalue weighted by atomic mass is 9.95. The molecular formula is C15H22BrN3O. The van der Waals surface area contributed by atoms with Gasteiger partial charge in [-0.15, -0.1) is 0 Å². The maximum Gasteiger partial charge on any atom is 0.139 e. The first-order chi connectivity index (χ1) is 9.84. The zero-order chi connectivity index (χ0) is 13.5. The van der Waals surface area contributed by atoms with E-state index in [1.807, 2.05) is 0 Å². The molecule has 3 heterocycles. The van der Waals surface area contributed by atoms with Crippen LogP contribution in [-0.4, -0.2) is 29.5 Å². The minimum Gasteiger partial charge on any atom is -0.381 e. The number of nitrogens with one attached hydrogen (secondary N) is 1. The molecule has 4 rings (SSSR count). The largest absolute Gasteiger partial charge is 0.381 e. The predicted octanol–water partition coefficient (Wildman–Crippen LogP) is 3.70. The van der Waals surface area contributed by atoms with Crippen LogP contribution in [0.2, 0.25) is 0 Å². The molecule has 5 heteroatoms. The summed E-state index contributed by atoms with van der Waals surface area (Å²) in [6, 6.07) is 0.514. The molecule has 1 N–H and O–H groups in total. The van der Waals surface area contributed by atoms with E-state index in [2.05, 4.69) is 25.9 Å².